The summed E-state index contributed by atoms with van der Waals surface area (Å²) in [6, 6.07) is 13.4. The zero-order valence-electron chi connectivity index (χ0n) is 10.0. The van der Waals surface area contributed by atoms with Gasteiger partial charge in [-0.3, -0.25) is 0 Å². The van der Waals surface area contributed by atoms with Crippen molar-refractivity contribution < 1.29 is 9.47 Å². The molecule has 0 aliphatic carbocycles. The van der Waals surface area contributed by atoms with E-state index < -0.39 is 0 Å². The molecular weight excluding hydrogens is 341 g/mol. The summed E-state index contributed by atoms with van der Waals surface area (Å²) < 4.78 is 11.9. The molecule has 2 aromatic carbocycles. The van der Waals surface area contributed by atoms with E-state index in [2.05, 4.69) is 22.6 Å². The van der Waals surface area contributed by atoms with Crippen molar-refractivity contribution in [2.45, 2.75) is 6.61 Å². The first kappa shape index (κ1) is 13.0. The average Bonchev–Trinajstić information content (AvgIpc) is 2.38. The lowest BCUT2D eigenvalue weighted by Gasteiger charge is -2.09. The predicted molar refractivity (Wildman–Crippen MR) is 80.9 cm³/mol. The maximum absolute atomic E-state index is 5.75. The highest BCUT2D eigenvalue weighted by molar-refractivity contribution is 14.1. The second-order valence-corrected chi connectivity index (χ2v) is 4.99. The first-order valence-electron chi connectivity index (χ1n) is 5.50. The molecule has 4 heteroatoms. The van der Waals surface area contributed by atoms with E-state index in [0.717, 1.165) is 26.3 Å². The van der Waals surface area contributed by atoms with Crippen molar-refractivity contribution in [3.05, 3.63) is 51.6 Å². The molecule has 0 fully saturated rings. The summed E-state index contributed by atoms with van der Waals surface area (Å²) in [5, 5.41) is 0. The molecule has 0 heterocycles. The molecule has 0 saturated carbocycles. The van der Waals surface area contributed by atoms with Crippen molar-refractivity contribution in [3.8, 4) is 11.5 Å². The van der Waals surface area contributed by atoms with Crippen molar-refractivity contribution in [1.82, 2.24) is 0 Å². The van der Waals surface area contributed by atoms with Crippen molar-refractivity contribution in [1.29, 1.82) is 0 Å². The number of rotatable bonds is 4. The lowest BCUT2D eigenvalue weighted by Crippen LogP contribution is -1.97. The second-order valence-electron chi connectivity index (χ2n) is 3.83. The van der Waals surface area contributed by atoms with Crippen molar-refractivity contribution >= 4 is 28.3 Å². The maximum Gasteiger partial charge on any atom is 0.133 e. The van der Waals surface area contributed by atoms with Crippen LogP contribution >= 0.6 is 22.6 Å². The van der Waals surface area contributed by atoms with Crippen molar-refractivity contribution in [3.63, 3.8) is 0 Å². The van der Waals surface area contributed by atoms with Crippen LogP contribution in [0.4, 0.5) is 5.69 Å². The molecule has 0 unspecified atom stereocenters. The van der Waals surface area contributed by atoms with E-state index in [1.54, 1.807) is 7.11 Å². The molecule has 0 atom stereocenters. The fourth-order valence-corrected chi connectivity index (χ4v) is 2.21. The number of nitrogens with two attached hydrogens (primary N) is 1. The fraction of sp³-hybridized carbons (Fsp3) is 0.143. The lowest BCUT2D eigenvalue weighted by molar-refractivity contribution is 0.304. The molecule has 18 heavy (non-hydrogen) atoms. The number of hydrogen-bond donors (Lipinski definition) is 1. The Morgan fingerprint density at radius 2 is 1.83 bits per heavy atom. The van der Waals surface area contributed by atoms with Gasteiger partial charge in [0.15, 0.2) is 0 Å². The van der Waals surface area contributed by atoms with Crippen LogP contribution in [0, 0.1) is 3.57 Å². The summed E-state index contributed by atoms with van der Waals surface area (Å²) >= 11 is 2.22. The van der Waals surface area contributed by atoms with Crippen LogP contribution in [0.1, 0.15) is 5.56 Å². The Morgan fingerprint density at radius 3 is 2.44 bits per heavy atom. The predicted octanol–water partition coefficient (Wildman–Crippen LogP) is 3.46. The van der Waals surface area contributed by atoms with E-state index >= 15 is 0 Å². The van der Waals surface area contributed by atoms with Crippen LogP contribution in [-0.2, 0) is 6.61 Å². The Morgan fingerprint density at radius 1 is 1.11 bits per heavy atom. The maximum atomic E-state index is 5.75. The molecule has 0 aliphatic rings. The molecule has 0 bridgehead atoms. The second kappa shape index (κ2) is 5.95. The van der Waals surface area contributed by atoms with E-state index in [-0.39, 0.29) is 0 Å². The van der Waals surface area contributed by atoms with Gasteiger partial charge in [-0.2, -0.15) is 0 Å². The number of methoxy groups -OCH3 is 1. The molecule has 2 N–H and O–H groups in total. The normalized spacial score (nSPS) is 10.1. The number of hydrogen-bond acceptors (Lipinski definition) is 3. The zero-order chi connectivity index (χ0) is 13.0. The first-order chi connectivity index (χ1) is 8.69. The zero-order valence-corrected chi connectivity index (χ0v) is 12.2. The highest BCUT2D eigenvalue weighted by atomic mass is 127. The summed E-state index contributed by atoms with van der Waals surface area (Å²) in [5.74, 6) is 1.70. The van der Waals surface area contributed by atoms with Crippen LogP contribution in [0.2, 0.25) is 0 Å². The minimum absolute atomic E-state index is 0.532. The van der Waals surface area contributed by atoms with Crippen LogP contribution in [0.5, 0.6) is 11.5 Å². The minimum Gasteiger partial charge on any atom is -0.497 e. The number of anilines is 1. The van der Waals surface area contributed by atoms with Gasteiger partial charge < -0.3 is 15.2 Å². The molecule has 0 aliphatic heterocycles. The van der Waals surface area contributed by atoms with Gasteiger partial charge in [-0.15, -0.1) is 0 Å². The third kappa shape index (κ3) is 3.29. The number of ether oxygens (including phenoxy) is 2. The average molecular weight is 355 g/mol. The van der Waals surface area contributed by atoms with Crippen LogP contribution in [-0.4, -0.2) is 7.11 Å². The van der Waals surface area contributed by atoms with E-state index in [9.17, 15) is 0 Å². The standard InChI is InChI=1S/C14H14INO2/c1-17-12-5-2-10(3-6-12)9-18-14-7-4-11(16)8-13(14)15/h2-8H,9,16H2,1H3. The fourth-order valence-electron chi connectivity index (χ4n) is 1.52. The SMILES string of the molecule is COc1ccc(COc2ccc(N)cc2I)cc1. The summed E-state index contributed by atoms with van der Waals surface area (Å²) in [6.07, 6.45) is 0. The molecule has 2 aromatic rings. The monoisotopic (exact) mass is 355 g/mol. The third-order valence-corrected chi connectivity index (χ3v) is 3.35. The Kier molecular flexibility index (Phi) is 4.30. The van der Waals surface area contributed by atoms with Gasteiger partial charge in [-0.05, 0) is 58.5 Å². The van der Waals surface area contributed by atoms with E-state index in [1.165, 1.54) is 0 Å². The van der Waals surface area contributed by atoms with E-state index in [0.29, 0.717) is 6.61 Å². The highest BCUT2D eigenvalue weighted by Gasteiger charge is 2.02. The van der Waals surface area contributed by atoms with Gasteiger partial charge in [-0.25, -0.2) is 0 Å². The topological polar surface area (TPSA) is 44.5 Å². The molecule has 0 spiro atoms. The van der Waals surface area contributed by atoms with E-state index in [1.807, 2.05) is 42.5 Å². The quantitative estimate of drug-likeness (QED) is 0.675. The first-order valence-corrected chi connectivity index (χ1v) is 6.57. The largest absolute Gasteiger partial charge is 0.497 e. The van der Waals surface area contributed by atoms with Gasteiger partial charge in [0.2, 0.25) is 0 Å². The summed E-state index contributed by atoms with van der Waals surface area (Å²) in [7, 11) is 1.66. The highest BCUT2D eigenvalue weighted by Crippen LogP contribution is 2.24. The smallest absolute Gasteiger partial charge is 0.133 e. The molecule has 0 amide bonds. The molecule has 3 nitrogen and oxygen atoms in total. The van der Waals surface area contributed by atoms with Gasteiger partial charge in [0, 0.05) is 5.69 Å². The molecule has 2 rings (SSSR count). The molecule has 0 saturated heterocycles. The molecule has 0 radical (unpaired) electrons. The Balaban J connectivity index is 2.02. The molecular formula is C14H14INO2. The summed E-state index contributed by atoms with van der Waals surface area (Å²) in [4.78, 5) is 0. The van der Waals surface area contributed by atoms with Gasteiger partial charge in [0.05, 0.1) is 10.7 Å². The molecule has 94 valence electrons. The van der Waals surface area contributed by atoms with Gasteiger partial charge in [0.1, 0.15) is 18.1 Å². The van der Waals surface area contributed by atoms with Crippen LogP contribution in [0.15, 0.2) is 42.5 Å². The van der Waals surface area contributed by atoms with E-state index in [4.69, 9.17) is 15.2 Å². The van der Waals surface area contributed by atoms with Crippen molar-refractivity contribution in [2.75, 3.05) is 12.8 Å². The van der Waals surface area contributed by atoms with Gasteiger partial charge >= 0.3 is 0 Å². The number of nitrogen functional groups attached to an aromatic ring is 1. The number of benzene rings is 2. The van der Waals surface area contributed by atoms with Crippen molar-refractivity contribution in [2.24, 2.45) is 0 Å². The minimum atomic E-state index is 0.532. The summed E-state index contributed by atoms with van der Waals surface area (Å²) in [6.45, 7) is 0.532. The van der Waals surface area contributed by atoms with Crippen LogP contribution in [0.3, 0.4) is 0 Å². The lowest BCUT2D eigenvalue weighted by atomic mass is 10.2. The van der Waals surface area contributed by atoms with Crippen LogP contribution < -0.4 is 15.2 Å². The molecule has 0 aromatic heterocycles. The Labute approximate surface area is 120 Å². The Bertz CT molecular complexity index is 526. The van der Waals surface area contributed by atoms with Gasteiger partial charge in [0.25, 0.3) is 0 Å². The number of halogens is 1. The van der Waals surface area contributed by atoms with Gasteiger partial charge in [-0.1, -0.05) is 12.1 Å². The Hall–Kier alpha value is -1.43. The summed E-state index contributed by atoms with van der Waals surface area (Å²) in [5.41, 5.74) is 7.54. The van der Waals surface area contributed by atoms with Crippen LogP contribution in [0.25, 0.3) is 0 Å². The third-order valence-electron chi connectivity index (χ3n) is 2.51.